The summed E-state index contributed by atoms with van der Waals surface area (Å²) in [6.45, 7) is 6.02. The van der Waals surface area contributed by atoms with E-state index in [4.69, 9.17) is 9.47 Å². The zero-order valence-electron chi connectivity index (χ0n) is 21.0. The summed E-state index contributed by atoms with van der Waals surface area (Å²) in [6, 6.07) is 12.9. The van der Waals surface area contributed by atoms with Crippen molar-refractivity contribution in [2.45, 2.75) is 39.8 Å². The normalized spacial score (nSPS) is 11.9. The number of nitrogens with one attached hydrogen (secondary N) is 1. The molecule has 0 spiro atoms. The van der Waals surface area contributed by atoms with Crippen LogP contribution in [0, 0.1) is 0 Å². The topological polar surface area (TPSA) is 105 Å². The molecule has 0 radical (unpaired) electrons. The van der Waals surface area contributed by atoms with Gasteiger partial charge in [0, 0.05) is 13.1 Å². The van der Waals surface area contributed by atoms with E-state index in [1.807, 2.05) is 19.9 Å². The molecule has 0 aliphatic rings. The highest BCUT2D eigenvalue weighted by molar-refractivity contribution is 7.92. The Hall–Kier alpha value is -3.27. The maximum atomic E-state index is 13.6. The minimum absolute atomic E-state index is 0.118. The van der Waals surface area contributed by atoms with E-state index in [2.05, 4.69) is 5.32 Å². The van der Waals surface area contributed by atoms with Gasteiger partial charge in [-0.2, -0.15) is 0 Å². The Morgan fingerprint density at radius 3 is 2.26 bits per heavy atom. The summed E-state index contributed by atoms with van der Waals surface area (Å²) in [7, 11) is -2.25. The zero-order chi connectivity index (χ0) is 26.0. The Balaban J connectivity index is 2.41. The molecule has 1 N–H and O–H groups in total. The summed E-state index contributed by atoms with van der Waals surface area (Å²) in [5.74, 6) is 0.425. The van der Waals surface area contributed by atoms with Crippen molar-refractivity contribution < 1.29 is 27.5 Å². The fourth-order valence-corrected chi connectivity index (χ4v) is 4.52. The lowest BCUT2D eigenvalue weighted by atomic mass is 10.1. The molecule has 10 heteroatoms. The largest absolute Gasteiger partial charge is 0.497 e. The van der Waals surface area contributed by atoms with Crippen LogP contribution in [-0.2, 0) is 26.2 Å². The summed E-state index contributed by atoms with van der Waals surface area (Å²) in [5, 5.41) is 2.77. The van der Waals surface area contributed by atoms with E-state index in [0.717, 1.165) is 16.1 Å². The van der Waals surface area contributed by atoms with Crippen molar-refractivity contribution in [3.8, 4) is 11.5 Å². The van der Waals surface area contributed by atoms with Crippen LogP contribution in [0.2, 0.25) is 0 Å². The van der Waals surface area contributed by atoms with Crippen molar-refractivity contribution in [2.24, 2.45) is 0 Å². The predicted octanol–water partition coefficient (Wildman–Crippen LogP) is 2.80. The molecule has 2 aromatic rings. The highest BCUT2D eigenvalue weighted by Crippen LogP contribution is 2.23. The van der Waals surface area contributed by atoms with Crippen LogP contribution in [0.1, 0.15) is 32.8 Å². The van der Waals surface area contributed by atoms with Gasteiger partial charge in [0.2, 0.25) is 21.8 Å². The van der Waals surface area contributed by atoms with Crippen LogP contribution in [0.15, 0.2) is 48.5 Å². The quantitative estimate of drug-likeness (QED) is 0.449. The standard InChI is InChI=1S/C25H35N3O6S/c1-6-23(25(30)26-7-2)27(17-19-10-9-11-22(16-19)33-4)24(29)18-28(35(5,31)32)20-12-14-21(15-13-20)34-8-3/h9-16,23H,6-8,17-18H2,1-5H3,(H,26,30). The highest BCUT2D eigenvalue weighted by Gasteiger charge is 2.31. The van der Waals surface area contributed by atoms with E-state index in [1.54, 1.807) is 56.5 Å². The van der Waals surface area contributed by atoms with E-state index in [9.17, 15) is 18.0 Å². The third kappa shape index (κ3) is 7.88. The van der Waals surface area contributed by atoms with E-state index in [0.29, 0.717) is 36.8 Å². The lowest BCUT2D eigenvalue weighted by molar-refractivity contribution is -0.140. The smallest absolute Gasteiger partial charge is 0.244 e. The average Bonchev–Trinajstić information content (AvgIpc) is 2.82. The molecule has 0 saturated carbocycles. The number of sulfonamides is 1. The van der Waals surface area contributed by atoms with Gasteiger partial charge in [0.1, 0.15) is 24.1 Å². The first kappa shape index (κ1) is 28.0. The molecule has 0 aromatic heterocycles. The fraction of sp³-hybridized carbons (Fsp3) is 0.440. The van der Waals surface area contributed by atoms with Crippen LogP contribution in [0.5, 0.6) is 11.5 Å². The second-order valence-corrected chi connectivity index (χ2v) is 9.80. The maximum absolute atomic E-state index is 13.6. The predicted molar refractivity (Wildman–Crippen MR) is 136 cm³/mol. The van der Waals surface area contributed by atoms with Crippen LogP contribution < -0.4 is 19.1 Å². The van der Waals surface area contributed by atoms with Gasteiger partial charge < -0.3 is 19.7 Å². The van der Waals surface area contributed by atoms with Crippen LogP contribution in [-0.4, -0.2) is 64.2 Å². The van der Waals surface area contributed by atoms with E-state index >= 15 is 0 Å². The number of amides is 2. The highest BCUT2D eigenvalue weighted by atomic mass is 32.2. The lowest BCUT2D eigenvalue weighted by Gasteiger charge is -2.32. The molecule has 35 heavy (non-hydrogen) atoms. The van der Waals surface area contributed by atoms with Crippen molar-refractivity contribution >= 4 is 27.5 Å². The van der Waals surface area contributed by atoms with Gasteiger partial charge in [0.25, 0.3) is 0 Å². The Bertz CT molecular complexity index is 1090. The first-order valence-corrected chi connectivity index (χ1v) is 13.4. The van der Waals surface area contributed by atoms with Crippen LogP contribution >= 0.6 is 0 Å². The number of benzene rings is 2. The van der Waals surface area contributed by atoms with Gasteiger partial charge in [0.05, 0.1) is 25.7 Å². The van der Waals surface area contributed by atoms with E-state index in [-0.39, 0.29) is 12.5 Å². The fourth-order valence-electron chi connectivity index (χ4n) is 3.67. The number of anilines is 1. The number of ether oxygens (including phenoxy) is 2. The van der Waals surface area contributed by atoms with Gasteiger partial charge in [0.15, 0.2) is 0 Å². The van der Waals surface area contributed by atoms with Crippen LogP contribution in [0.3, 0.4) is 0 Å². The Morgan fingerprint density at radius 2 is 1.71 bits per heavy atom. The molecule has 0 fully saturated rings. The number of rotatable bonds is 13. The van der Waals surface area contributed by atoms with Crippen molar-refractivity contribution in [2.75, 3.05) is 37.4 Å². The van der Waals surface area contributed by atoms with Gasteiger partial charge in [-0.25, -0.2) is 8.42 Å². The molecular weight excluding hydrogens is 470 g/mol. The number of carbonyl (C=O) groups is 2. The SMILES string of the molecule is CCNC(=O)C(CC)N(Cc1cccc(OC)c1)C(=O)CN(c1ccc(OCC)cc1)S(C)(=O)=O. The molecule has 0 aliphatic carbocycles. The molecule has 0 heterocycles. The number of nitrogens with zero attached hydrogens (tertiary/aromatic N) is 2. The monoisotopic (exact) mass is 505 g/mol. The van der Waals surface area contributed by atoms with Gasteiger partial charge >= 0.3 is 0 Å². The van der Waals surface area contributed by atoms with Crippen LogP contribution in [0.4, 0.5) is 5.69 Å². The third-order valence-corrected chi connectivity index (χ3v) is 6.48. The molecule has 9 nitrogen and oxygen atoms in total. The number of methoxy groups -OCH3 is 1. The second-order valence-electron chi connectivity index (χ2n) is 7.89. The summed E-state index contributed by atoms with van der Waals surface area (Å²) in [5.41, 5.74) is 1.09. The molecule has 2 aromatic carbocycles. The number of hydrogen-bond acceptors (Lipinski definition) is 6. The first-order chi connectivity index (χ1) is 16.6. The number of hydrogen-bond donors (Lipinski definition) is 1. The summed E-state index contributed by atoms with van der Waals surface area (Å²) >= 11 is 0. The summed E-state index contributed by atoms with van der Waals surface area (Å²) in [6.07, 6.45) is 1.41. The van der Waals surface area contributed by atoms with Crippen molar-refractivity contribution in [3.63, 3.8) is 0 Å². The molecule has 1 atom stereocenters. The lowest BCUT2D eigenvalue weighted by Crippen LogP contribution is -2.52. The van der Waals surface area contributed by atoms with Gasteiger partial charge in [-0.05, 0) is 62.2 Å². The van der Waals surface area contributed by atoms with Gasteiger partial charge in [-0.1, -0.05) is 19.1 Å². The average molecular weight is 506 g/mol. The Labute approximate surface area is 208 Å². The molecule has 0 bridgehead atoms. The number of carbonyl (C=O) groups excluding carboxylic acids is 2. The molecule has 192 valence electrons. The minimum Gasteiger partial charge on any atom is -0.497 e. The minimum atomic E-state index is -3.79. The molecular formula is C25H35N3O6S. The van der Waals surface area contributed by atoms with Gasteiger partial charge in [-0.15, -0.1) is 0 Å². The van der Waals surface area contributed by atoms with E-state index < -0.39 is 28.5 Å². The Kier molecular flexibility index (Phi) is 10.4. The maximum Gasteiger partial charge on any atom is 0.244 e. The third-order valence-electron chi connectivity index (χ3n) is 5.34. The number of likely N-dealkylation sites (N-methyl/N-ethyl adjacent to an activating group) is 1. The van der Waals surface area contributed by atoms with Crippen molar-refractivity contribution in [3.05, 3.63) is 54.1 Å². The molecule has 2 rings (SSSR count). The first-order valence-electron chi connectivity index (χ1n) is 11.5. The molecule has 0 aliphatic heterocycles. The Morgan fingerprint density at radius 1 is 1.03 bits per heavy atom. The van der Waals surface area contributed by atoms with Crippen molar-refractivity contribution in [1.29, 1.82) is 0 Å². The van der Waals surface area contributed by atoms with Crippen molar-refractivity contribution in [1.82, 2.24) is 10.2 Å². The van der Waals surface area contributed by atoms with E-state index in [1.165, 1.54) is 4.90 Å². The molecule has 1 unspecified atom stereocenters. The molecule has 0 saturated heterocycles. The zero-order valence-corrected chi connectivity index (χ0v) is 21.8. The summed E-state index contributed by atoms with van der Waals surface area (Å²) < 4.78 is 37.0. The van der Waals surface area contributed by atoms with Crippen LogP contribution in [0.25, 0.3) is 0 Å². The molecule has 2 amide bonds. The van der Waals surface area contributed by atoms with Gasteiger partial charge in [-0.3, -0.25) is 13.9 Å². The second kappa shape index (κ2) is 13.0. The summed E-state index contributed by atoms with van der Waals surface area (Å²) in [4.78, 5) is 27.8.